The lowest BCUT2D eigenvalue weighted by molar-refractivity contribution is 0.261. The van der Waals surface area contributed by atoms with E-state index in [1.54, 1.807) is 7.05 Å². The first-order valence-corrected chi connectivity index (χ1v) is 9.73. The van der Waals surface area contributed by atoms with Gasteiger partial charge in [-0.05, 0) is 37.4 Å². The molecule has 1 saturated heterocycles. The third kappa shape index (κ3) is 3.68. The Hall–Kier alpha value is -1.70. The zero-order valence-corrected chi connectivity index (χ0v) is 15.0. The lowest BCUT2D eigenvalue weighted by atomic mass is 9.99. The summed E-state index contributed by atoms with van der Waals surface area (Å²) in [4.78, 5) is 2.58. The molecule has 1 atom stereocenters. The van der Waals surface area contributed by atoms with Crippen molar-refractivity contribution < 1.29 is 8.42 Å². The molecule has 130 valence electrons. The Morgan fingerprint density at radius 2 is 2.12 bits per heavy atom. The summed E-state index contributed by atoms with van der Waals surface area (Å²) in [6.45, 7) is 4.25. The molecule has 2 aromatic rings. The summed E-state index contributed by atoms with van der Waals surface area (Å²) >= 11 is 0. The fourth-order valence-corrected chi connectivity index (χ4v) is 4.36. The van der Waals surface area contributed by atoms with Gasteiger partial charge in [-0.1, -0.05) is 24.3 Å². The Kier molecular flexibility index (Phi) is 5.03. The molecule has 6 nitrogen and oxygen atoms in total. The topological polar surface area (TPSA) is 67.2 Å². The van der Waals surface area contributed by atoms with Gasteiger partial charge in [-0.25, -0.2) is 13.1 Å². The SMILES string of the molecule is Cc1ccccc1[C@H]1CCCN1CCNS(=O)(=O)c1cnn(C)c1. The van der Waals surface area contributed by atoms with Crippen molar-refractivity contribution in [3.05, 3.63) is 47.8 Å². The number of likely N-dealkylation sites (tertiary alicyclic amines) is 1. The molecule has 1 aromatic carbocycles. The molecule has 0 bridgehead atoms. The van der Waals surface area contributed by atoms with Crippen LogP contribution in [-0.2, 0) is 17.1 Å². The normalized spacial score (nSPS) is 19.0. The molecule has 3 rings (SSSR count). The van der Waals surface area contributed by atoms with Crippen molar-refractivity contribution in [1.82, 2.24) is 19.4 Å². The quantitative estimate of drug-likeness (QED) is 0.865. The van der Waals surface area contributed by atoms with Gasteiger partial charge in [-0.3, -0.25) is 9.58 Å². The standard InChI is InChI=1S/C17H24N4O2S/c1-14-6-3-4-7-16(14)17-8-5-10-21(17)11-9-19-24(22,23)15-12-18-20(2)13-15/h3-4,6-7,12-13,17,19H,5,8-11H2,1-2H3/t17-/m1/s1. The number of benzene rings is 1. The predicted octanol–water partition coefficient (Wildman–Crippen LogP) is 1.84. The molecule has 0 amide bonds. The molecular formula is C17H24N4O2S. The maximum absolute atomic E-state index is 12.2. The summed E-state index contributed by atoms with van der Waals surface area (Å²) in [7, 11) is -1.78. The minimum absolute atomic E-state index is 0.210. The van der Waals surface area contributed by atoms with E-state index >= 15 is 0 Å². The minimum Gasteiger partial charge on any atom is -0.295 e. The zero-order valence-electron chi connectivity index (χ0n) is 14.1. The van der Waals surface area contributed by atoms with E-state index in [1.165, 1.54) is 28.2 Å². The molecule has 0 radical (unpaired) electrons. The zero-order chi connectivity index (χ0) is 17.2. The van der Waals surface area contributed by atoms with Gasteiger partial charge in [0.25, 0.3) is 0 Å². The fourth-order valence-electron chi connectivity index (χ4n) is 3.35. The number of rotatable bonds is 6. The van der Waals surface area contributed by atoms with Crippen LogP contribution in [0.2, 0.25) is 0 Å². The average molecular weight is 348 g/mol. The van der Waals surface area contributed by atoms with Crippen LogP contribution >= 0.6 is 0 Å². The monoisotopic (exact) mass is 348 g/mol. The highest BCUT2D eigenvalue weighted by atomic mass is 32.2. The molecule has 0 unspecified atom stereocenters. The summed E-state index contributed by atoms with van der Waals surface area (Å²) in [5.74, 6) is 0. The maximum Gasteiger partial charge on any atom is 0.243 e. The Bertz CT molecular complexity index is 800. The summed E-state index contributed by atoms with van der Waals surface area (Å²) in [5.41, 5.74) is 2.65. The van der Waals surface area contributed by atoms with Crippen molar-refractivity contribution in [1.29, 1.82) is 0 Å². The number of hydrogen-bond acceptors (Lipinski definition) is 4. The molecule has 1 aromatic heterocycles. The molecule has 1 fully saturated rings. The van der Waals surface area contributed by atoms with Gasteiger partial charge in [0.1, 0.15) is 4.90 Å². The van der Waals surface area contributed by atoms with Crippen molar-refractivity contribution in [2.45, 2.75) is 30.7 Å². The molecule has 2 heterocycles. The smallest absolute Gasteiger partial charge is 0.243 e. The van der Waals surface area contributed by atoms with E-state index in [1.807, 2.05) is 0 Å². The molecule has 7 heteroatoms. The minimum atomic E-state index is -3.48. The van der Waals surface area contributed by atoms with Crippen LogP contribution in [-0.4, -0.2) is 42.7 Å². The molecule has 24 heavy (non-hydrogen) atoms. The summed E-state index contributed by atoms with van der Waals surface area (Å²) < 4.78 is 28.7. The van der Waals surface area contributed by atoms with E-state index in [0.29, 0.717) is 19.1 Å². The van der Waals surface area contributed by atoms with Crippen LogP contribution in [0.15, 0.2) is 41.6 Å². The predicted molar refractivity (Wildman–Crippen MR) is 93.1 cm³/mol. The first kappa shape index (κ1) is 17.1. The van der Waals surface area contributed by atoms with E-state index < -0.39 is 10.0 Å². The second-order valence-corrected chi connectivity index (χ2v) is 8.07. The van der Waals surface area contributed by atoms with Crippen LogP contribution in [0.4, 0.5) is 0 Å². The van der Waals surface area contributed by atoms with Crippen molar-refractivity contribution in [2.75, 3.05) is 19.6 Å². The number of aromatic nitrogens is 2. The van der Waals surface area contributed by atoms with E-state index in [2.05, 4.69) is 45.9 Å². The Balaban J connectivity index is 1.61. The average Bonchev–Trinajstić information content (AvgIpc) is 3.17. The first-order valence-electron chi connectivity index (χ1n) is 8.25. The molecule has 0 saturated carbocycles. The molecular weight excluding hydrogens is 324 g/mol. The lowest BCUT2D eigenvalue weighted by Gasteiger charge is -2.26. The van der Waals surface area contributed by atoms with Crippen molar-refractivity contribution in [3.8, 4) is 0 Å². The maximum atomic E-state index is 12.2. The van der Waals surface area contributed by atoms with Gasteiger partial charge in [0.05, 0.1) is 6.20 Å². The van der Waals surface area contributed by atoms with Crippen LogP contribution in [0, 0.1) is 6.92 Å². The van der Waals surface area contributed by atoms with Crippen LogP contribution in [0.25, 0.3) is 0 Å². The van der Waals surface area contributed by atoms with Gasteiger partial charge < -0.3 is 0 Å². The Morgan fingerprint density at radius 1 is 1.33 bits per heavy atom. The van der Waals surface area contributed by atoms with Gasteiger partial charge in [0.2, 0.25) is 10.0 Å². The third-order valence-electron chi connectivity index (χ3n) is 4.59. The van der Waals surface area contributed by atoms with Crippen LogP contribution in [0.3, 0.4) is 0 Å². The first-order chi connectivity index (χ1) is 11.5. The Labute approximate surface area is 143 Å². The van der Waals surface area contributed by atoms with Gasteiger partial charge in [-0.15, -0.1) is 0 Å². The highest BCUT2D eigenvalue weighted by Gasteiger charge is 2.27. The number of hydrogen-bond donors (Lipinski definition) is 1. The van der Waals surface area contributed by atoms with E-state index in [9.17, 15) is 8.42 Å². The second kappa shape index (κ2) is 7.04. The van der Waals surface area contributed by atoms with Gasteiger partial charge in [0, 0.05) is 32.4 Å². The van der Waals surface area contributed by atoms with Crippen LogP contribution < -0.4 is 4.72 Å². The largest absolute Gasteiger partial charge is 0.295 e. The van der Waals surface area contributed by atoms with Gasteiger partial charge in [-0.2, -0.15) is 5.10 Å². The lowest BCUT2D eigenvalue weighted by Crippen LogP contribution is -2.34. The highest BCUT2D eigenvalue weighted by Crippen LogP contribution is 2.33. The third-order valence-corrected chi connectivity index (χ3v) is 6.01. The van der Waals surface area contributed by atoms with E-state index in [0.717, 1.165) is 19.4 Å². The summed E-state index contributed by atoms with van der Waals surface area (Å²) in [6.07, 6.45) is 5.15. The van der Waals surface area contributed by atoms with Gasteiger partial charge >= 0.3 is 0 Å². The molecule has 1 N–H and O–H groups in total. The second-order valence-electron chi connectivity index (χ2n) is 6.30. The van der Waals surface area contributed by atoms with Crippen molar-refractivity contribution in [3.63, 3.8) is 0 Å². The molecule has 0 spiro atoms. The van der Waals surface area contributed by atoms with Crippen molar-refractivity contribution >= 4 is 10.0 Å². The summed E-state index contributed by atoms with van der Waals surface area (Å²) in [5, 5.41) is 3.92. The van der Waals surface area contributed by atoms with E-state index in [4.69, 9.17) is 0 Å². The van der Waals surface area contributed by atoms with Crippen LogP contribution in [0.1, 0.15) is 30.0 Å². The number of nitrogens with one attached hydrogen (secondary N) is 1. The van der Waals surface area contributed by atoms with Gasteiger partial charge in [0.15, 0.2) is 0 Å². The Morgan fingerprint density at radius 3 is 2.83 bits per heavy atom. The number of nitrogens with zero attached hydrogens (tertiary/aromatic N) is 3. The highest BCUT2D eigenvalue weighted by molar-refractivity contribution is 7.89. The summed E-state index contributed by atoms with van der Waals surface area (Å²) in [6, 6.07) is 8.83. The fraction of sp³-hybridized carbons (Fsp3) is 0.471. The van der Waals surface area contributed by atoms with E-state index in [-0.39, 0.29) is 4.90 Å². The molecule has 1 aliphatic heterocycles. The molecule has 0 aliphatic carbocycles. The number of aryl methyl sites for hydroxylation is 2. The number of sulfonamides is 1. The molecule has 1 aliphatic rings. The van der Waals surface area contributed by atoms with Crippen molar-refractivity contribution in [2.24, 2.45) is 7.05 Å². The van der Waals surface area contributed by atoms with Crippen LogP contribution in [0.5, 0.6) is 0 Å².